The summed E-state index contributed by atoms with van der Waals surface area (Å²) in [5, 5.41) is 3.42. The summed E-state index contributed by atoms with van der Waals surface area (Å²) in [4.78, 5) is 1.42. The summed E-state index contributed by atoms with van der Waals surface area (Å²) in [5.74, 6) is 2.32. The number of thioether (sulfide) groups is 1. The van der Waals surface area contributed by atoms with E-state index in [1.807, 2.05) is 11.8 Å². The Morgan fingerprint density at radius 1 is 1.25 bits per heavy atom. The minimum Gasteiger partial charge on any atom is -0.313 e. The molecule has 88 valence electrons. The van der Waals surface area contributed by atoms with Gasteiger partial charge in [0.05, 0.1) is 0 Å². The summed E-state index contributed by atoms with van der Waals surface area (Å²) in [6.45, 7) is 4.31. The van der Waals surface area contributed by atoms with Gasteiger partial charge in [-0.05, 0) is 49.4 Å². The minimum atomic E-state index is 1.00. The van der Waals surface area contributed by atoms with E-state index in [0.717, 1.165) is 19.0 Å². The highest BCUT2D eigenvalue weighted by atomic mass is 32.2. The fourth-order valence-corrected chi connectivity index (χ4v) is 2.70. The van der Waals surface area contributed by atoms with Crippen LogP contribution in [0.2, 0.25) is 0 Å². The second kappa shape index (κ2) is 6.31. The van der Waals surface area contributed by atoms with Gasteiger partial charge in [-0.15, -0.1) is 11.8 Å². The number of benzene rings is 1. The van der Waals surface area contributed by atoms with E-state index in [-0.39, 0.29) is 0 Å². The molecule has 0 aromatic heterocycles. The molecule has 1 aromatic carbocycles. The van der Waals surface area contributed by atoms with Crippen molar-refractivity contribution in [3.8, 4) is 0 Å². The Hall–Kier alpha value is -0.470. The molecule has 2 heteroatoms. The normalized spacial score (nSPS) is 15.3. The molecule has 1 aliphatic carbocycles. The summed E-state index contributed by atoms with van der Waals surface area (Å²) in [6, 6.07) is 9.02. The minimum absolute atomic E-state index is 1.00. The number of rotatable bonds is 7. The second-order valence-electron chi connectivity index (χ2n) is 4.58. The van der Waals surface area contributed by atoms with Gasteiger partial charge in [-0.1, -0.05) is 19.1 Å². The van der Waals surface area contributed by atoms with Gasteiger partial charge >= 0.3 is 0 Å². The van der Waals surface area contributed by atoms with E-state index in [1.165, 1.54) is 35.5 Å². The fraction of sp³-hybridized carbons (Fsp3) is 0.571. The van der Waals surface area contributed by atoms with Crippen LogP contribution in [0.5, 0.6) is 0 Å². The average molecular weight is 235 g/mol. The van der Waals surface area contributed by atoms with Gasteiger partial charge in [0, 0.05) is 17.2 Å². The molecular weight excluding hydrogens is 214 g/mol. The fourth-order valence-electron chi connectivity index (χ4n) is 1.61. The molecule has 1 nitrogen and oxygen atoms in total. The highest BCUT2D eigenvalue weighted by Gasteiger charge is 2.20. The first-order valence-electron chi connectivity index (χ1n) is 6.31. The van der Waals surface area contributed by atoms with Crippen LogP contribution >= 0.6 is 11.8 Å². The molecule has 2 rings (SSSR count). The van der Waals surface area contributed by atoms with Gasteiger partial charge in [-0.2, -0.15) is 0 Å². The van der Waals surface area contributed by atoms with Gasteiger partial charge in [-0.3, -0.25) is 0 Å². The van der Waals surface area contributed by atoms with Crippen LogP contribution < -0.4 is 5.32 Å². The van der Waals surface area contributed by atoms with E-state index in [1.54, 1.807) is 0 Å². The molecule has 0 heterocycles. The summed E-state index contributed by atoms with van der Waals surface area (Å²) < 4.78 is 0. The monoisotopic (exact) mass is 235 g/mol. The van der Waals surface area contributed by atoms with E-state index in [9.17, 15) is 0 Å². The second-order valence-corrected chi connectivity index (χ2v) is 5.67. The lowest BCUT2D eigenvalue weighted by atomic mass is 10.2. The molecule has 0 saturated heterocycles. The van der Waals surface area contributed by atoms with Gasteiger partial charge in [0.2, 0.25) is 0 Å². The molecule has 0 amide bonds. The molecule has 1 aromatic rings. The third-order valence-electron chi connectivity index (χ3n) is 2.86. The van der Waals surface area contributed by atoms with Crippen LogP contribution in [0.1, 0.15) is 31.7 Å². The van der Waals surface area contributed by atoms with E-state index in [0.29, 0.717) is 0 Å². The highest BCUT2D eigenvalue weighted by Crippen LogP contribution is 2.34. The molecule has 0 bridgehead atoms. The molecule has 1 saturated carbocycles. The van der Waals surface area contributed by atoms with Crippen LogP contribution in [-0.4, -0.2) is 12.3 Å². The molecule has 1 fully saturated rings. The number of nitrogens with one attached hydrogen (secondary N) is 1. The molecule has 0 unspecified atom stereocenters. The zero-order valence-corrected chi connectivity index (χ0v) is 10.9. The Bertz CT molecular complexity index is 303. The van der Waals surface area contributed by atoms with Crippen LogP contribution in [0.15, 0.2) is 29.2 Å². The highest BCUT2D eigenvalue weighted by molar-refractivity contribution is 7.99. The zero-order chi connectivity index (χ0) is 11.2. The van der Waals surface area contributed by atoms with Crippen LogP contribution in [0.3, 0.4) is 0 Å². The third kappa shape index (κ3) is 4.18. The van der Waals surface area contributed by atoms with Crippen molar-refractivity contribution in [3.63, 3.8) is 0 Å². The lowest BCUT2D eigenvalue weighted by Crippen LogP contribution is -2.13. The number of hydrogen-bond donors (Lipinski definition) is 1. The first kappa shape index (κ1) is 12.0. The quantitative estimate of drug-likeness (QED) is 0.571. The van der Waals surface area contributed by atoms with Crippen molar-refractivity contribution in [3.05, 3.63) is 29.8 Å². The van der Waals surface area contributed by atoms with Crippen molar-refractivity contribution in [2.75, 3.05) is 12.3 Å². The summed E-state index contributed by atoms with van der Waals surface area (Å²) >= 11 is 2.01. The topological polar surface area (TPSA) is 12.0 Å². The van der Waals surface area contributed by atoms with Crippen LogP contribution in [0.25, 0.3) is 0 Å². The molecule has 0 spiro atoms. The predicted molar refractivity (Wildman–Crippen MR) is 71.9 cm³/mol. The van der Waals surface area contributed by atoms with Gasteiger partial charge in [0.25, 0.3) is 0 Å². The van der Waals surface area contributed by atoms with Crippen molar-refractivity contribution >= 4 is 11.8 Å². The Kier molecular flexibility index (Phi) is 4.73. The maximum atomic E-state index is 3.42. The van der Waals surface area contributed by atoms with Gasteiger partial charge in [0.15, 0.2) is 0 Å². The average Bonchev–Trinajstić information content (AvgIpc) is 3.12. The Morgan fingerprint density at radius 2 is 2.00 bits per heavy atom. The maximum Gasteiger partial charge on any atom is 0.0205 e. The van der Waals surface area contributed by atoms with Crippen LogP contribution in [0.4, 0.5) is 0 Å². The van der Waals surface area contributed by atoms with E-state index in [4.69, 9.17) is 0 Å². The molecule has 16 heavy (non-hydrogen) atoms. The lowest BCUT2D eigenvalue weighted by Gasteiger charge is -2.05. The Labute approximate surface area is 103 Å². The number of hydrogen-bond acceptors (Lipinski definition) is 2. The molecule has 0 aliphatic heterocycles. The van der Waals surface area contributed by atoms with Gasteiger partial charge < -0.3 is 5.32 Å². The molecule has 1 N–H and O–H groups in total. The first-order valence-corrected chi connectivity index (χ1v) is 7.29. The third-order valence-corrected chi connectivity index (χ3v) is 4.11. The standard InChI is InChI=1S/C14H21NS/c1-2-9-15-10-12-5-7-14(8-6-12)16-11-13-3-4-13/h5-8,13,15H,2-4,9-11H2,1H3. The van der Waals surface area contributed by atoms with E-state index < -0.39 is 0 Å². The molecule has 0 atom stereocenters. The van der Waals surface area contributed by atoms with Crippen molar-refractivity contribution in [2.45, 2.75) is 37.6 Å². The van der Waals surface area contributed by atoms with Gasteiger partial charge in [-0.25, -0.2) is 0 Å². The molecule has 1 aliphatic rings. The van der Waals surface area contributed by atoms with Crippen molar-refractivity contribution in [2.24, 2.45) is 5.92 Å². The van der Waals surface area contributed by atoms with E-state index >= 15 is 0 Å². The summed E-state index contributed by atoms with van der Waals surface area (Å²) in [7, 11) is 0. The first-order chi connectivity index (χ1) is 7.88. The zero-order valence-electron chi connectivity index (χ0n) is 10.0. The molecular formula is C14H21NS. The Balaban J connectivity index is 1.74. The lowest BCUT2D eigenvalue weighted by molar-refractivity contribution is 0.675. The van der Waals surface area contributed by atoms with Gasteiger partial charge in [0.1, 0.15) is 0 Å². The Morgan fingerprint density at radius 3 is 2.62 bits per heavy atom. The SMILES string of the molecule is CCCNCc1ccc(SCC2CC2)cc1. The molecule has 0 radical (unpaired) electrons. The van der Waals surface area contributed by atoms with Crippen molar-refractivity contribution in [1.29, 1.82) is 0 Å². The summed E-state index contributed by atoms with van der Waals surface area (Å²) in [5.41, 5.74) is 1.39. The van der Waals surface area contributed by atoms with Crippen LogP contribution in [-0.2, 0) is 6.54 Å². The van der Waals surface area contributed by atoms with Crippen molar-refractivity contribution in [1.82, 2.24) is 5.32 Å². The van der Waals surface area contributed by atoms with Crippen molar-refractivity contribution < 1.29 is 0 Å². The van der Waals surface area contributed by atoms with E-state index in [2.05, 4.69) is 36.5 Å². The maximum absolute atomic E-state index is 3.42. The largest absolute Gasteiger partial charge is 0.313 e. The van der Waals surface area contributed by atoms with Crippen LogP contribution in [0, 0.1) is 5.92 Å². The smallest absolute Gasteiger partial charge is 0.0205 e. The predicted octanol–water partition coefficient (Wildman–Crippen LogP) is 3.69. The summed E-state index contributed by atoms with van der Waals surface area (Å²) in [6.07, 6.45) is 4.10.